The number of nitrogens with zero attached hydrogens (tertiary/aromatic N) is 5. The monoisotopic (exact) mass is 442 g/mol. The molecule has 0 unspecified atom stereocenters. The third kappa shape index (κ3) is 3.66. The highest BCUT2D eigenvalue weighted by atomic mass is 19.4. The summed E-state index contributed by atoms with van der Waals surface area (Å²) in [6.45, 7) is 2.36. The van der Waals surface area contributed by atoms with E-state index in [0.29, 0.717) is 24.5 Å². The Morgan fingerprint density at radius 3 is 2.42 bits per heavy atom. The van der Waals surface area contributed by atoms with Crippen molar-refractivity contribution in [1.82, 2.24) is 24.5 Å². The number of fused-ring (bicyclic) bond motifs is 1. The summed E-state index contributed by atoms with van der Waals surface area (Å²) in [5, 5.41) is 7.34. The molecule has 2 fully saturated rings. The van der Waals surface area contributed by atoms with E-state index in [4.69, 9.17) is 0 Å². The SMILES string of the molecule is C[C@@H]1C[C@H](C(F)(F)F)n2nc([C@H]3CCCN3CC3C(=O)N(C)C(=O)N(C)C3=O)cc2N1. The number of nitrogens with one attached hydrogen (secondary N) is 1. The second-order valence-electron chi connectivity index (χ2n) is 8.52. The number of barbiturate groups is 1. The Balaban J connectivity index is 1.58. The average molecular weight is 442 g/mol. The Labute approximate surface area is 177 Å². The van der Waals surface area contributed by atoms with Gasteiger partial charge in [0.1, 0.15) is 11.7 Å². The van der Waals surface area contributed by atoms with Crippen LogP contribution in [0.2, 0.25) is 0 Å². The summed E-state index contributed by atoms with van der Waals surface area (Å²) < 4.78 is 41.6. The molecule has 0 saturated carbocycles. The van der Waals surface area contributed by atoms with E-state index in [1.165, 1.54) is 14.1 Å². The molecular weight excluding hydrogens is 417 g/mol. The molecule has 0 aromatic carbocycles. The van der Waals surface area contributed by atoms with Gasteiger partial charge in [-0.3, -0.25) is 24.3 Å². The fourth-order valence-electron chi connectivity index (χ4n) is 4.70. The molecule has 1 aromatic rings. The quantitative estimate of drug-likeness (QED) is 0.721. The van der Waals surface area contributed by atoms with Crippen molar-refractivity contribution in [3.05, 3.63) is 11.8 Å². The lowest BCUT2D eigenvalue weighted by atomic mass is 10.0. The van der Waals surface area contributed by atoms with Crippen LogP contribution in [0, 0.1) is 5.92 Å². The van der Waals surface area contributed by atoms with E-state index < -0.39 is 36.0 Å². The Hall–Kier alpha value is -2.63. The first-order valence-corrected chi connectivity index (χ1v) is 10.2. The topological polar surface area (TPSA) is 90.8 Å². The lowest BCUT2D eigenvalue weighted by Crippen LogP contribution is -2.59. The first-order valence-electron chi connectivity index (χ1n) is 10.2. The predicted octanol–water partition coefficient (Wildman–Crippen LogP) is 1.99. The molecule has 0 radical (unpaired) electrons. The lowest BCUT2D eigenvalue weighted by Gasteiger charge is -2.35. The number of aromatic nitrogens is 2. The highest BCUT2D eigenvalue weighted by molar-refractivity contribution is 6.15. The number of rotatable bonds is 3. The molecule has 0 aliphatic carbocycles. The van der Waals surface area contributed by atoms with Gasteiger partial charge in [-0.25, -0.2) is 9.48 Å². The number of imide groups is 2. The number of alkyl halides is 3. The van der Waals surface area contributed by atoms with Gasteiger partial charge in [-0.05, 0) is 32.7 Å². The standard InChI is InChI=1S/C19H25F3N6O3/c1-10-7-14(19(20,21)22)28-15(23-10)8-12(24-28)13-5-4-6-27(13)9-11-16(29)25(2)18(31)26(3)17(11)30/h8,10-11,13-14,23H,4-7,9H2,1-3H3/t10-,13-,14-/m1/s1. The third-order valence-corrected chi connectivity index (χ3v) is 6.35. The Morgan fingerprint density at radius 2 is 1.81 bits per heavy atom. The summed E-state index contributed by atoms with van der Waals surface area (Å²) in [4.78, 5) is 40.8. The number of carbonyl (C=O) groups is 3. The second-order valence-corrected chi connectivity index (χ2v) is 8.52. The van der Waals surface area contributed by atoms with Crippen molar-refractivity contribution in [2.24, 2.45) is 5.92 Å². The number of anilines is 1. The zero-order chi connectivity index (χ0) is 22.7. The number of hydrogen-bond acceptors (Lipinski definition) is 6. The molecule has 1 N–H and O–H groups in total. The molecule has 4 heterocycles. The molecule has 3 aliphatic heterocycles. The molecule has 1 aromatic heterocycles. The van der Waals surface area contributed by atoms with E-state index in [2.05, 4.69) is 10.4 Å². The third-order valence-electron chi connectivity index (χ3n) is 6.35. The summed E-state index contributed by atoms with van der Waals surface area (Å²) >= 11 is 0. The van der Waals surface area contributed by atoms with Crippen LogP contribution in [0.5, 0.6) is 0 Å². The van der Waals surface area contributed by atoms with Crippen LogP contribution in [0.25, 0.3) is 0 Å². The number of hydrogen-bond donors (Lipinski definition) is 1. The van der Waals surface area contributed by atoms with Crippen molar-refractivity contribution in [2.75, 3.05) is 32.5 Å². The first kappa shape index (κ1) is 21.6. The van der Waals surface area contributed by atoms with Crippen LogP contribution in [0.3, 0.4) is 0 Å². The summed E-state index contributed by atoms with van der Waals surface area (Å²) in [5.41, 5.74) is 0.483. The molecule has 3 atom stereocenters. The fraction of sp³-hybridized carbons (Fsp3) is 0.684. The molecule has 2 saturated heterocycles. The molecule has 31 heavy (non-hydrogen) atoms. The minimum atomic E-state index is -4.41. The summed E-state index contributed by atoms with van der Waals surface area (Å²) in [7, 11) is 2.66. The van der Waals surface area contributed by atoms with Crippen molar-refractivity contribution in [3.63, 3.8) is 0 Å². The maximum absolute atomic E-state index is 13.5. The van der Waals surface area contributed by atoms with Crippen LogP contribution in [-0.4, -0.2) is 81.7 Å². The van der Waals surface area contributed by atoms with Crippen molar-refractivity contribution >= 4 is 23.7 Å². The largest absolute Gasteiger partial charge is 0.410 e. The molecule has 4 rings (SSSR count). The maximum Gasteiger partial charge on any atom is 0.410 e. The number of halogens is 3. The van der Waals surface area contributed by atoms with Crippen LogP contribution in [0.4, 0.5) is 23.8 Å². The molecule has 4 amide bonds. The number of carbonyl (C=O) groups excluding carboxylic acids is 3. The smallest absolute Gasteiger partial charge is 0.368 e. The summed E-state index contributed by atoms with van der Waals surface area (Å²) in [5.74, 6) is -1.87. The van der Waals surface area contributed by atoms with Gasteiger partial charge in [0.15, 0.2) is 6.04 Å². The van der Waals surface area contributed by atoms with Crippen molar-refractivity contribution in [3.8, 4) is 0 Å². The van der Waals surface area contributed by atoms with E-state index in [0.717, 1.165) is 20.9 Å². The molecule has 0 bridgehead atoms. The Morgan fingerprint density at radius 1 is 1.16 bits per heavy atom. The lowest BCUT2D eigenvalue weighted by molar-refractivity contribution is -0.173. The van der Waals surface area contributed by atoms with Crippen molar-refractivity contribution in [2.45, 2.75) is 50.5 Å². The summed E-state index contributed by atoms with van der Waals surface area (Å²) in [6.07, 6.45) is -3.10. The Bertz CT molecular complexity index is 892. The number of likely N-dealkylation sites (tertiary alicyclic amines) is 1. The van der Waals surface area contributed by atoms with Crippen molar-refractivity contribution in [1.29, 1.82) is 0 Å². The van der Waals surface area contributed by atoms with Gasteiger partial charge < -0.3 is 5.32 Å². The van der Waals surface area contributed by atoms with Crippen LogP contribution in [0.1, 0.15) is 44.0 Å². The molecule has 9 nitrogen and oxygen atoms in total. The van der Waals surface area contributed by atoms with Gasteiger partial charge in [0, 0.05) is 32.7 Å². The van der Waals surface area contributed by atoms with Crippen LogP contribution in [-0.2, 0) is 9.59 Å². The molecular formula is C19H25F3N6O3. The van der Waals surface area contributed by atoms with Gasteiger partial charge in [0.2, 0.25) is 11.8 Å². The molecule has 3 aliphatic rings. The normalized spacial score (nSPS) is 28.3. The van der Waals surface area contributed by atoms with Crippen LogP contribution < -0.4 is 5.32 Å². The van der Waals surface area contributed by atoms with Gasteiger partial charge in [0.05, 0.1) is 11.7 Å². The van der Waals surface area contributed by atoms with Gasteiger partial charge in [0.25, 0.3) is 0 Å². The Kier molecular flexibility index (Phi) is 5.23. The highest BCUT2D eigenvalue weighted by Crippen LogP contribution is 2.41. The van der Waals surface area contributed by atoms with E-state index in [1.54, 1.807) is 13.0 Å². The predicted molar refractivity (Wildman–Crippen MR) is 103 cm³/mol. The van der Waals surface area contributed by atoms with E-state index in [1.807, 2.05) is 4.90 Å². The molecule has 170 valence electrons. The fourth-order valence-corrected chi connectivity index (χ4v) is 4.70. The zero-order valence-electron chi connectivity index (χ0n) is 17.5. The van der Waals surface area contributed by atoms with Gasteiger partial charge in [-0.2, -0.15) is 18.3 Å². The first-order chi connectivity index (χ1) is 14.5. The van der Waals surface area contributed by atoms with Gasteiger partial charge in [-0.15, -0.1) is 0 Å². The zero-order valence-corrected chi connectivity index (χ0v) is 17.5. The van der Waals surface area contributed by atoms with Gasteiger partial charge >= 0.3 is 12.2 Å². The number of urea groups is 1. The van der Waals surface area contributed by atoms with Crippen molar-refractivity contribution < 1.29 is 27.6 Å². The minimum Gasteiger partial charge on any atom is -0.368 e. The minimum absolute atomic E-state index is 0.0824. The van der Waals surface area contributed by atoms with E-state index in [-0.39, 0.29) is 25.0 Å². The van der Waals surface area contributed by atoms with Crippen LogP contribution in [0.15, 0.2) is 6.07 Å². The summed E-state index contributed by atoms with van der Waals surface area (Å²) in [6, 6.07) is -1.40. The second kappa shape index (κ2) is 7.50. The maximum atomic E-state index is 13.5. The van der Waals surface area contributed by atoms with Gasteiger partial charge in [-0.1, -0.05) is 0 Å². The van der Waals surface area contributed by atoms with E-state index >= 15 is 0 Å². The average Bonchev–Trinajstić information content (AvgIpc) is 3.33. The van der Waals surface area contributed by atoms with Crippen LogP contribution >= 0.6 is 0 Å². The highest BCUT2D eigenvalue weighted by Gasteiger charge is 2.47. The van der Waals surface area contributed by atoms with E-state index in [9.17, 15) is 27.6 Å². The molecule has 12 heteroatoms. The number of amides is 4. The molecule has 0 spiro atoms.